The van der Waals surface area contributed by atoms with Crippen LogP contribution in [0.5, 0.6) is 0 Å². The lowest BCUT2D eigenvalue weighted by Crippen LogP contribution is -2.14. The van der Waals surface area contributed by atoms with Crippen LogP contribution in [0.15, 0.2) is 17.8 Å². The molecule has 0 saturated carbocycles. The van der Waals surface area contributed by atoms with Gasteiger partial charge in [0.25, 0.3) is 0 Å². The second-order valence-electron chi connectivity index (χ2n) is 3.63. The molecule has 2 rings (SSSR count). The van der Waals surface area contributed by atoms with Crippen molar-refractivity contribution in [1.82, 2.24) is 9.97 Å². The number of anilines is 1. The van der Waals surface area contributed by atoms with Crippen LogP contribution in [0, 0.1) is 0 Å². The standard InChI is InChI=1S/C11H14ClN3OS/c1-16-6-8(12)2-4-13-10-9-3-5-17-11(9)15-7-14-10/h3,5,7-8H,2,4,6H2,1H3,(H,13,14,15). The number of rotatable bonds is 6. The Labute approximate surface area is 109 Å². The Morgan fingerprint density at radius 2 is 2.41 bits per heavy atom. The molecule has 0 amide bonds. The van der Waals surface area contributed by atoms with Crippen LogP contribution in [0.3, 0.4) is 0 Å². The number of thiophene rings is 1. The van der Waals surface area contributed by atoms with Gasteiger partial charge in [-0.1, -0.05) is 0 Å². The third-order valence-corrected chi connectivity index (χ3v) is 3.52. The number of aromatic nitrogens is 2. The van der Waals surface area contributed by atoms with Gasteiger partial charge in [0, 0.05) is 13.7 Å². The van der Waals surface area contributed by atoms with Crippen LogP contribution in [0.25, 0.3) is 10.2 Å². The maximum Gasteiger partial charge on any atom is 0.138 e. The first-order chi connectivity index (χ1) is 8.31. The molecule has 4 nitrogen and oxygen atoms in total. The Bertz CT molecular complexity index is 476. The number of nitrogens with zero attached hydrogens (tertiary/aromatic N) is 2. The Morgan fingerprint density at radius 3 is 3.24 bits per heavy atom. The first kappa shape index (κ1) is 12.5. The van der Waals surface area contributed by atoms with E-state index in [0.717, 1.165) is 29.0 Å². The van der Waals surface area contributed by atoms with Crippen LogP contribution in [0.4, 0.5) is 5.82 Å². The first-order valence-electron chi connectivity index (χ1n) is 5.36. The largest absolute Gasteiger partial charge is 0.383 e. The fourth-order valence-electron chi connectivity index (χ4n) is 1.54. The van der Waals surface area contributed by atoms with Crippen LogP contribution < -0.4 is 5.32 Å². The number of ether oxygens (including phenoxy) is 1. The summed E-state index contributed by atoms with van der Waals surface area (Å²) in [5.74, 6) is 0.873. The smallest absolute Gasteiger partial charge is 0.138 e. The number of alkyl halides is 1. The average molecular weight is 272 g/mol. The molecule has 0 aliphatic heterocycles. The van der Waals surface area contributed by atoms with Gasteiger partial charge in [-0.25, -0.2) is 9.97 Å². The molecule has 0 saturated heterocycles. The van der Waals surface area contributed by atoms with Gasteiger partial charge in [-0.15, -0.1) is 22.9 Å². The highest BCUT2D eigenvalue weighted by Gasteiger charge is 2.06. The molecule has 6 heteroatoms. The topological polar surface area (TPSA) is 47.0 Å². The number of hydrogen-bond acceptors (Lipinski definition) is 5. The lowest BCUT2D eigenvalue weighted by atomic mass is 10.3. The van der Waals surface area contributed by atoms with Gasteiger partial charge in [0.15, 0.2) is 0 Å². The number of methoxy groups -OCH3 is 1. The minimum absolute atomic E-state index is 0.0345. The molecule has 0 aliphatic carbocycles. The van der Waals surface area contributed by atoms with Crippen molar-refractivity contribution in [3.05, 3.63) is 17.8 Å². The summed E-state index contributed by atoms with van der Waals surface area (Å²) in [6.07, 6.45) is 2.42. The molecule has 1 N–H and O–H groups in total. The van der Waals surface area contributed by atoms with Crippen molar-refractivity contribution in [2.24, 2.45) is 0 Å². The van der Waals surface area contributed by atoms with E-state index in [1.807, 2.05) is 11.4 Å². The summed E-state index contributed by atoms with van der Waals surface area (Å²) < 4.78 is 4.98. The second kappa shape index (κ2) is 6.14. The second-order valence-corrected chi connectivity index (χ2v) is 5.14. The summed E-state index contributed by atoms with van der Waals surface area (Å²) in [4.78, 5) is 9.43. The molecule has 1 atom stereocenters. The predicted molar refractivity (Wildman–Crippen MR) is 72.0 cm³/mol. The van der Waals surface area contributed by atoms with E-state index in [1.54, 1.807) is 24.8 Å². The van der Waals surface area contributed by atoms with E-state index in [0.29, 0.717) is 6.61 Å². The summed E-state index contributed by atoms with van der Waals surface area (Å²) in [5.41, 5.74) is 0. The lowest BCUT2D eigenvalue weighted by Gasteiger charge is -2.09. The van der Waals surface area contributed by atoms with Gasteiger partial charge in [0.2, 0.25) is 0 Å². The van der Waals surface area contributed by atoms with Crippen LogP contribution in [0.2, 0.25) is 0 Å². The van der Waals surface area contributed by atoms with Crippen molar-refractivity contribution in [3.8, 4) is 0 Å². The summed E-state index contributed by atoms with van der Waals surface area (Å²) in [6.45, 7) is 1.35. The van der Waals surface area contributed by atoms with Crippen LogP contribution in [-0.4, -0.2) is 35.6 Å². The highest BCUT2D eigenvalue weighted by molar-refractivity contribution is 7.16. The van der Waals surface area contributed by atoms with Gasteiger partial charge in [0.05, 0.1) is 17.4 Å². The maximum atomic E-state index is 6.05. The van der Waals surface area contributed by atoms with Gasteiger partial charge in [-0.2, -0.15) is 0 Å². The molecular weight excluding hydrogens is 258 g/mol. The van der Waals surface area contributed by atoms with Crippen molar-refractivity contribution in [2.45, 2.75) is 11.8 Å². The Hall–Kier alpha value is -0.910. The summed E-state index contributed by atoms with van der Waals surface area (Å²) in [5, 5.41) is 6.39. The number of halogens is 1. The molecule has 17 heavy (non-hydrogen) atoms. The molecular formula is C11H14ClN3OS. The average Bonchev–Trinajstić information content (AvgIpc) is 2.78. The molecule has 0 spiro atoms. The van der Waals surface area contributed by atoms with E-state index in [4.69, 9.17) is 16.3 Å². The lowest BCUT2D eigenvalue weighted by molar-refractivity contribution is 0.196. The maximum absolute atomic E-state index is 6.05. The SMILES string of the molecule is COCC(Cl)CCNc1ncnc2sccc12. The molecule has 0 bridgehead atoms. The zero-order valence-electron chi connectivity index (χ0n) is 9.52. The molecule has 0 aliphatic rings. The summed E-state index contributed by atoms with van der Waals surface area (Å²) >= 11 is 7.66. The van der Waals surface area contributed by atoms with E-state index >= 15 is 0 Å². The number of fused-ring (bicyclic) bond motifs is 1. The molecule has 2 aromatic rings. The number of nitrogens with one attached hydrogen (secondary N) is 1. The monoisotopic (exact) mass is 271 g/mol. The third kappa shape index (κ3) is 3.28. The van der Waals surface area contributed by atoms with E-state index < -0.39 is 0 Å². The molecule has 0 radical (unpaired) electrons. The van der Waals surface area contributed by atoms with Gasteiger partial charge in [-0.05, 0) is 17.9 Å². The minimum atomic E-state index is 0.0345. The van der Waals surface area contributed by atoms with Gasteiger partial charge in [-0.3, -0.25) is 0 Å². The van der Waals surface area contributed by atoms with Crippen molar-refractivity contribution in [3.63, 3.8) is 0 Å². The summed E-state index contributed by atoms with van der Waals surface area (Å²) in [7, 11) is 1.65. The van der Waals surface area contributed by atoms with Gasteiger partial charge in [0.1, 0.15) is 17.0 Å². The molecule has 2 heterocycles. The van der Waals surface area contributed by atoms with E-state index in [-0.39, 0.29) is 5.38 Å². The Balaban J connectivity index is 1.92. The van der Waals surface area contributed by atoms with E-state index in [9.17, 15) is 0 Å². The minimum Gasteiger partial charge on any atom is -0.383 e. The first-order valence-corrected chi connectivity index (χ1v) is 6.68. The zero-order chi connectivity index (χ0) is 12.1. The molecule has 0 fully saturated rings. The number of hydrogen-bond donors (Lipinski definition) is 1. The molecule has 2 aromatic heterocycles. The van der Waals surface area contributed by atoms with Crippen LogP contribution in [0.1, 0.15) is 6.42 Å². The highest BCUT2D eigenvalue weighted by Crippen LogP contribution is 2.23. The normalized spacial score (nSPS) is 12.8. The van der Waals surface area contributed by atoms with Crippen molar-refractivity contribution < 1.29 is 4.74 Å². The fourth-order valence-corrected chi connectivity index (χ4v) is 2.51. The van der Waals surface area contributed by atoms with E-state index in [1.165, 1.54) is 0 Å². The molecule has 0 aromatic carbocycles. The van der Waals surface area contributed by atoms with Crippen molar-refractivity contribution >= 4 is 39.0 Å². The fraction of sp³-hybridized carbons (Fsp3) is 0.455. The van der Waals surface area contributed by atoms with Crippen molar-refractivity contribution in [2.75, 3.05) is 25.6 Å². The molecule has 1 unspecified atom stereocenters. The third-order valence-electron chi connectivity index (χ3n) is 2.36. The quantitative estimate of drug-likeness (QED) is 0.821. The van der Waals surface area contributed by atoms with E-state index in [2.05, 4.69) is 15.3 Å². The van der Waals surface area contributed by atoms with Gasteiger partial charge >= 0.3 is 0 Å². The predicted octanol–water partition coefficient (Wildman–Crippen LogP) is 2.75. The summed E-state index contributed by atoms with van der Waals surface area (Å²) in [6, 6.07) is 2.02. The zero-order valence-corrected chi connectivity index (χ0v) is 11.1. The van der Waals surface area contributed by atoms with Crippen LogP contribution in [-0.2, 0) is 4.74 Å². The Morgan fingerprint density at radius 1 is 1.53 bits per heavy atom. The molecule has 92 valence electrons. The Kier molecular flexibility index (Phi) is 4.53. The van der Waals surface area contributed by atoms with Crippen molar-refractivity contribution in [1.29, 1.82) is 0 Å². The van der Waals surface area contributed by atoms with Gasteiger partial charge < -0.3 is 10.1 Å². The highest BCUT2D eigenvalue weighted by atomic mass is 35.5. The van der Waals surface area contributed by atoms with Crippen LogP contribution >= 0.6 is 22.9 Å².